The van der Waals surface area contributed by atoms with E-state index in [2.05, 4.69) is 65.3 Å². The van der Waals surface area contributed by atoms with Gasteiger partial charge in [0.1, 0.15) is 11.5 Å². The van der Waals surface area contributed by atoms with Crippen molar-refractivity contribution in [2.75, 3.05) is 41.4 Å². The molecule has 2 aromatic heterocycles. The number of nitrogens with zero attached hydrogens (tertiary/aromatic N) is 6. The van der Waals surface area contributed by atoms with Crippen LogP contribution in [0.15, 0.2) is 44.3 Å². The zero-order chi connectivity index (χ0) is 21.9. The second kappa shape index (κ2) is 9.28. The highest BCUT2D eigenvalue weighted by atomic mass is 79.9. The van der Waals surface area contributed by atoms with Crippen LogP contribution in [0.5, 0.6) is 0 Å². The zero-order valence-corrected chi connectivity index (χ0v) is 19.7. The number of aryl methyl sites for hydroxylation is 1. The molecule has 0 aliphatic carbocycles. The molecule has 1 aromatic carbocycles. The molecule has 166 valence electrons. The Kier molecular flexibility index (Phi) is 6.07. The van der Waals surface area contributed by atoms with Gasteiger partial charge in [0, 0.05) is 36.2 Å². The summed E-state index contributed by atoms with van der Waals surface area (Å²) in [6, 6.07) is 10.0. The van der Waals surface area contributed by atoms with Crippen molar-refractivity contribution in [2.45, 2.75) is 32.6 Å². The van der Waals surface area contributed by atoms with E-state index in [0.29, 0.717) is 11.7 Å². The lowest BCUT2D eigenvalue weighted by Crippen LogP contribution is -2.25. The summed E-state index contributed by atoms with van der Waals surface area (Å²) in [5.41, 5.74) is 5.17. The molecule has 2 fully saturated rings. The molecule has 1 N–H and O–H groups in total. The van der Waals surface area contributed by atoms with Crippen LogP contribution >= 0.6 is 15.9 Å². The van der Waals surface area contributed by atoms with Crippen LogP contribution in [0.25, 0.3) is 11.3 Å². The predicted molar refractivity (Wildman–Crippen MR) is 131 cm³/mol. The maximum atomic E-state index is 5.95. The molecule has 32 heavy (non-hydrogen) atoms. The topological polar surface area (TPSA) is 82.7 Å². The van der Waals surface area contributed by atoms with Crippen LogP contribution in [0.1, 0.15) is 37.0 Å². The lowest BCUT2D eigenvalue weighted by molar-refractivity contribution is 0.574. The number of nitrogens with one attached hydrogen (secondary N) is 1. The number of halogens is 1. The van der Waals surface area contributed by atoms with Crippen LogP contribution < -0.4 is 15.2 Å². The van der Waals surface area contributed by atoms with E-state index in [1.165, 1.54) is 31.2 Å². The van der Waals surface area contributed by atoms with Crippen molar-refractivity contribution in [1.82, 2.24) is 15.0 Å². The molecule has 0 radical (unpaired) electrons. The molecule has 2 aliphatic heterocycles. The van der Waals surface area contributed by atoms with E-state index in [0.717, 1.165) is 53.9 Å². The third kappa shape index (κ3) is 4.62. The van der Waals surface area contributed by atoms with Crippen LogP contribution in [0, 0.1) is 6.92 Å². The van der Waals surface area contributed by atoms with Crippen LogP contribution in [-0.4, -0.2) is 47.3 Å². The first-order valence-corrected chi connectivity index (χ1v) is 11.9. The van der Waals surface area contributed by atoms with Crippen LogP contribution in [-0.2, 0) is 0 Å². The summed E-state index contributed by atoms with van der Waals surface area (Å²) in [5, 5.41) is 4.32. The number of anilines is 3. The lowest BCUT2D eigenvalue weighted by atomic mass is 10.1. The smallest absolute Gasteiger partial charge is 0.250 e. The summed E-state index contributed by atoms with van der Waals surface area (Å²) < 4.78 is 6.95. The molecule has 2 saturated heterocycles. The van der Waals surface area contributed by atoms with Gasteiger partial charge >= 0.3 is 0 Å². The molecule has 8 nitrogen and oxygen atoms in total. The minimum absolute atomic E-state index is 0.452. The monoisotopic (exact) mass is 495 g/mol. The van der Waals surface area contributed by atoms with Crippen LogP contribution in [0.4, 0.5) is 17.8 Å². The molecule has 0 bridgehead atoms. The molecule has 5 rings (SSSR count). The van der Waals surface area contributed by atoms with E-state index in [1.54, 1.807) is 6.21 Å². The molecule has 4 heterocycles. The van der Waals surface area contributed by atoms with Crippen LogP contribution in [0.3, 0.4) is 0 Å². The number of aromatic nitrogens is 3. The fraction of sp³-hybridized carbons (Fsp3) is 0.391. The molecule has 0 spiro atoms. The first kappa shape index (κ1) is 20.9. The number of hydrogen-bond donors (Lipinski definition) is 1. The summed E-state index contributed by atoms with van der Waals surface area (Å²) in [6.07, 6.45) is 6.32. The molecule has 0 amide bonds. The highest BCUT2D eigenvalue weighted by Crippen LogP contribution is 2.30. The SMILES string of the molecule is Cc1ccc(-c2ccc(/C=N/Nc3nc(N4CCCC4)nc(N4CCCC4)n3)o2)c(Br)c1. The van der Waals surface area contributed by atoms with Gasteiger partial charge in [0.05, 0.1) is 6.21 Å². The van der Waals surface area contributed by atoms with Gasteiger partial charge in [0.2, 0.25) is 17.8 Å². The average molecular weight is 496 g/mol. The fourth-order valence-electron chi connectivity index (χ4n) is 4.06. The molecular formula is C23H26BrN7O. The van der Waals surface area contributed by atoms with E-state index in [4.69, 9.17) is 9.40 Å². The quantitative estimate of drug-likeness (QED) is 0.386. The highest BCUT2D eigenvalue weighted by molar-refractivity contribution is 9.10. The maximum absolute atomic E-state index is 5.95. The Morgan fingerprint density at radius 2 is 1.59 bits per heavy atom. The number of hydrazone groups is 1. The van der Waals surface area contributed by atoms with Gasteiger partial charge in [-0.05, 0) is 62.4 Å². The Balaban J connectivity index is 1.33. The van der Waals surface area contributed by atoms with Crippen molar-refractivity contribution in [3.8, 4) is 11.3 Å². The molecule has 9 heteroatoms. The van der Waals surface area contributed by atoms with E-state index in [1.807, 2.05) is 18.2 Å². The number of hydrogen-bond acceptors (Lipinski definition) is 8. The molecule has 0 saturated carbocycles. The summed E-state index contributed by atoms with van der Waals surface area (Å²) in [7, 11) is 0. The van der Waals surface area contributed by atoms with Gasteiger partial charge in [-0.15, -0.1) is 0 Å². The van der Waals surface area contributed by atoms with Crippen molar-refractivity contribution >= 4 is 40.0 Å². The number of benzene rings is 1. The Bertz CT molecular complexity index is 1080. The first-order valence-electron chi connectivity index (χ1n) is 11.1. The average Bonchev–Trinajstić information content (AvgIpc) is 3.56. The van der Waals surface area contributed by atoms with Gasteiger partial charge in [0.25, 0.3) is 0 Å². The van der Waals surface area contributed by atoms with Gasteiger partial charge in [-0.25, -0.2) is 5.43 Å². The Morgan fingerprint density at radius 1 is 0.938 bits per heavy atom. The third-order valence-corrected chi connectivity index (χ3v) is 6.42. The fourth-order valence-corrected chi connectivity index (χ4v) is 4.75. The first-order chi connectivity index (χ1) is 15.7. The Morgan fingerprint density at radius 3 is 2.22 bits per heavy atom. The normalized spacial score (nSPS) is 16.4. The molecule has 0 atom stereocenters. The van der Waals surface area contributed by atoms with Crippen molar-refractivity contribution in [1.29, 1.82) is 0 Å². The third-order valence-electron chi connectivity index (χ3n) is 5.76. The standard InChI is InChI=1S/C23H26BrN7O/c1-16-6-8-18(19(24)14-16)20-9-7-17(32-20)15-25-29-21-26-22(30-10-2-3-11-30)28-23(27-21)31-12-4-5-13-31/h6-9,14-15H,2-5,10-13H2,1H3,(H,26,27,28,29)/b25-15+. The van der Waals surface area contributed by atoms with Gasteiger partial charge in [-0.2, -0.15) is 20.1 Å². The van der Waals surface area contributed by atoms with Gasteiger partial charge in [0.15, 0.2) is 0 Å². The van der Waals surface area contributed by atoms with E-state index >= 15 is 0 Å². The van der Waals surface area contributed by atoms with Crippen molar-refractivity contribution < 1.29 is 4.42 Å². The second-order valence-electron chi connectivity index (χ2n) is 8.20. The van der Waals surface area contributed by atoms with Crippen LogP contribution in [0.2, 0.25) is 0 Å². The van der Waals surface area contributed by atoms with Crippen molar-refractivity contribution in [3.05, 3.63) is 46.1 Å². The van der Waals surface area contributed by atoms with Gasteiger partial charge in [-0.3, -0.25) is 0 Å². The summed E-state index contributed by atoms with van der Waals surface area (Å²) >= 11 is 3.61. The number of furan rings is 1. The second-order valence-corrected chi connectivity index (χ2v) is 9.06. The Hall–Kier alpha value is -2.94. The van der Waals surface area contributed by atoms with E-state index in [-0.39, 0.29) is 0 Å². The summed E-state index contributed by atoms with van der Waals surface area (Å²) in [5.74, 6) is 3.33. The van der Waals surface area contributed by atoms with Crippen molar-refractivity contribution in [2.24, 2.45) is 5.10 Å². The summed E-state index contributed by atoms with van der Waals surface area (Å²) in [4.78, 5) is 18.4. The largest absolute Gasteiger partial charge is 0.455 e. The summed E-state index contributed by atoms with van der Waals surface area (Å²) in [6.45, 7) is 5.99. The van der Waals surface area contributed by atoms with E-state index in [9.17, 15) is 0 Å². The number of rotatable bonds is 6. The minimum atomic E-state index is 0.452. The van der Waals surface area contributed by atoms with Crippen molar-refractivity contribution in [3.63, 3.8) is 0 Å². The molecule has 3 aromatic rings. The zero-order valence-electron chi connectivity index (χ0n) is 18.1. The molecule has 0 unspecified atom stereocenters. The Labute approximate surface area is 195 Å². The molecular weight excluding hydrogens is 470 g/mol. The molecule has 2 aliphatic rings. The van der Waals surface area contributed by atoms with E-state index < -0.39 is 0 Å². The van der Waals surface area contributed by atoms with Gasteiger partial charge in [-0.1, -0.05) is 22.0 Å². The maximum Gasteiger partial charge on any atom is 0.250 e. The lowest BCUT2D eigenvalue weighted by Gasteiger charge is -2.20. The highest BCUT2D eigenvalue weighted by Gasteiger charge is 2.21. The predicted octanol–water partition coefficient (Wildman–Crippen LogP) is 4.85. The van der Waals surface area contributed by atoms with Gasteiger partial charge < -0.3 is 14.2 Å². The minimum Gasteiger partial charge on any atom is -0.455 e.